The van der Waals surface area contributed by atoms with Gasteiger partial charge in [0.15, 0.2) is 0 Å². The van der Waals surface area contributed by atoms with Gasteiger partial charge in [-0.05, 0) is 47.7 Å². The number of tetrazole rings is 1. The maximum atomic E-state index is 13.7. The van der Waals surface area contributed by atoms with Crippen molar-refractivity contribution in [3.63, 3.8) is 0 Å². The van der Waals surface area contributed by atoms with Gasteiger partial charge in [0.05, 0.1) is 18.5 Å². The zero-order chi connectivity index (χ0) is 19.7. The summed E-state index contributed by atoms with van der Waals surface area (Å²) in [4.78, 5) is 2.13. The van der Waals surface area contributed by atoms with Crippen molar-refractivity contribution in [3.05, 3.63) is 41.5 Å². The summed E-state index contributed by atoms with van der Waals surface area (Å²) in [6.45, 7) is 0.619. The SMILES string of the molecule is COc1ccc(F)cc1S(=O)(=O)N1CCC[C@H]1Cn1nnc(-c2cccs2)n1. The molecule has 0 unspecified atom stereocenters. The van der Waals surface area contributed by atoms with E-state index in [0.717, 1.165) is 10.9 Å². The molecular formula is C17H18FN5O3S2. The molecular weight excluding hydrogens is 405 g/mol. The van der Waals surface area contributed by atoms with Crippen LogP contribution >= 0.6 is 11.3 Å². The number of hydrogen-bond acceptors (Lipinski definition) is 7. The van der Waals surface area contributed by atoms with Gasteiger partial charge in [0.1, 0.15) is 16.5 Å². The van der Waals surface area contributed by atoms with Crippen molar-refractivity contribution in [1.29, 1.82) is 0 Å². The number of thiophene rings is 1. The molecule has 2 aromatic heterocycles. The van der Waals surface area contributed by atoms with E-state index in [9.17, 15) is 12.8 Å². The Morgan fingerprint density at radius 3 is 2.96 bits per heavy atom. The van der Waals surface area contributed by atoms with Crippen molar-refractivity contribution in [3.8, 4) is 16.5 Å². The second kappa shape index (κ2) is 7.57. The summed E-state index contributed by atoms with van der Waals surface area (Å²) in [5, 5.41) is 14.4. The Bertz CT molecular complexity index is 1070. The quantitative estimate of drug-likeness (QED) is 0.605. The standard InChI is InChI=1S/C17H18FN5O3S2/c1-26-14-7-6-12(18)10-16(14)28(24,25)22-8-2-4-13(22)11-23-20-17(19-21-23)15-5-3-9-27-15/h3,5-7,9-10,13H,2,4,8,11H2,1H3/t13-/m0/s1. The molecule has 0 saturated carbocycles. The monoisotopic (exact) mass is 423 g/mol. The number of ether oxygens (including phenoxy) is 1. The van der Waals surface area contributed by atoms with Crippen LogP contribution in [0.25, 0.3) is 10.7 Å². The molecule has 11 heteroatoms. The number of sulfonamides is 1. The van der Waals surface area contributed by atoms with E-state index in [1.54, 1.807) is 0 Å². The van der Waals surface area contributed by atoms with Crippen molar-refractivity contribution in [2.24, 2.45) is 0 Å². The Morgan fingerprint density at radius 1 is 1.36 bits per heavy atom. The predicted molar refractivity (Wildman–Crippen MR) is 101 cm³/mol. The lowest BCUT2D eigenvalue weighted by Gasteiger charge is -2.24. The van der Waals surface area contributed by atoms with Gasteiger partial charge < -0.3 is 4.74 Å². The third kappa shape index (κ3) is 3.52. The zero-order valence-electron chi connectivity index (χ0n) is 15.0. The highest BCUT2D eigenvalue weighted by Gasteiger charge is 2.37. The lowest BCUT2D eigenvalue weighted by atomic mass is 10.2. The summed E-state index contributed by atoms with van der Waals surface area (Å²) in [5.74, 6) is -0.00577. The van der Waals surface area contributed by atoms with E-state index in [1.807, 2.05) is 17.5 Å². The fraction of sp³-hybridized carbons (Fsp3) is 0.353. The van der Waals surface area contributed by atoms with Gasteiger partial charge in [-0.15, -0.1) is 21.5 Å². The Hall–Kier alpha value is -2.37. The zero-order valence-corrected chi connectivity index (χ0v) is 16.7. The smallest absolute Gasteiger partial charge is 0.247 e. The number of aromatic nitrogens is 4. The van der Waals surface area contributed by atoms with E-state index in [4.69, 9.17) is 4.74 Å². The lowest BCUT2D eigenvalue weighted by Crippen LogP contribution is -2.38. The van der Waals surface area contributed by atoms with Gasteiger partial charge in [-0.25, -0.2) is 12.8 Å². The summed E-state index contributed by atoms with van der Waals surface area (Å²) in [6, 6.07) is 6.94. The molecule has 148 valence electrons. The van der Waals surface area contributed by atoms with Gasteiger partial charge in [0.25, 0.3) is 0 Å². The van der Waals surface area contributed by atoms with E-state index in [2.05, 4.69) is 15.4 Å². The van der Waals surface area contributed by atoms with Gasteiger partial charge >= 0.3 is 0 Å². The average Bonchev–Trinajstić information content (AvgIpc) is 3.43. The van der Waals surface area contributed by atoms with Gasteiger partial charge in [0, 0.05) is 12.6 Å². The van der Waals surface area contributed by atoms with Gasteiger partial charge in [-0.3, -0.25) is 0 Å². The van der Waals surface area contributed by atoms with Crippen molar-refractivity contribution < 1.29 is 17.5 Å². The molecule has 4 rings (SSSR count). The number of benzene rings is 1. The van der Waals surface area contributed by atoms with E-state index in [1.165, 1.54) is 39.7 Å². The number of halogens is 1. The molecule has 8 nitrogen and oxygen atoms in total. The van der Waals surface area contributed by atoms with E-state index in [0.29, 0.717) is 25.2 Å². The molecule has 1 atom stereocenters. The fourth-order valence-corrected chi connectivity index (χ4v) is 5.80. The normalized spacial score (nSPS) is 17.9. The van der Waals surface area contributed by atoms with E-state index >= 15 is 0 Å². The second-order valence-corrected chi connectivity index (χ2v) is 9.16. The van der Waals surface area contributed by atoms with Crippen LogP contribution in [0.2, 0.25) is 0 Å². The summed E-state index contributed by atoms with van der Waals surface area (Å²) in [5.41, 5.74) is 0. The number of methoxy groups -OCH3 is 1. The Morgan fingerprint density at radius 2 is 2.21 bits per heavy atom. The summed E-state index contributed by atoms with van der Waals surface area (Å²) in [6.07, 6.45) is 1.36. The molecule has 1 saturated heterocycles. The van der Waals surface area contributed by atoms with E-state index in [-0.39, 0.29) is 23.2 Å². The number of hydrogen-bond donors (Lipinski definition) is 0. The first kappa shape index (κ1) is 19.0. The Kier molecular flexibility index (Phi) is 5.13. The van der Waals surface area contributed by atoms with E-state index < -0.39 is 15.8 Å². The molecule has 1 aromatic carbocycles. The fourth-order valence-electron chi connectivity index (χ4n) is 3.30. The van der Waals surface area contributed by atoms with Crippen LogP contribution in [0.4, 0.5) is 4.39 Å². The van der Waals surface area contributed by atoms with Crippen LogP contribution in [0.3, 0.4) is 0 Å². The Labute approximate surface area is 165 Å². The molecule has 0 bridgehead atoms. The minimum absolute atomic E-state index is 0.117. The molecule has 3 heterocycles. The van der Waals surface area contributed by atoms with Gasteiger partial charge in [-0.2, -0.15) is 9.10 Å². The molecule has 1 aliphatic heterocycles. The van der Waals surface area contributed by atoms with Gasteiger partial charge in [-0.1, -0.05) is 6.07 Å². The van der Waals surface area contributed by atoms with Crippen LogP contribution in [0, 0.1) is 5.82 Å². The number of nitrogens with zero attached hydrogens (tertiary/aromatic N) is 5. The molecule has 0 amide bonds. The van der Waals surface area contributed by atoms with Crippen molar-refractivity contribution in [2.75, 3.05) is 13.7 Å². The van der Waals surface area contributed by atoms with Crippen molar-refractivity contribution in [1.82, 2.24) is 24.5 Å². The van der Waals surface area contributed by atoms with Gasteiger partial charge in [0.2, 0.25) is 15.8 Å². The minimum Gasteiger partial charge on any atom is -0.495 e. The minimum atomic E-state index is -3.93. The highest BCUT2D eigenvalue weighted by Crippen LogP contribution is 2.32. The second-order valence-electron chi connectivity index (χ2n) is 6.35. The van der Waals surface area contributed by atoms with Crippen LogP contribution < -0.4 is 4.74 Å². The van der Waals surface area contributed by atoms with Crippen molar-refractivity contribution >= 4 is 21.4 Å². The summed E-state index contributed by atoms with van der Waals surface area (Å²) < 4.78 is 46.6. The molecule has 0 radical (unpaired) electrons. The van der Waals surface area contributed by atoms with Crippen LogP contribution in [0.1, 0.15) is 12.8 Å². The third-order valence-electron chi connectivity index (χ3n) is 4.60. The highest BCUT2D eigenvalue weighted by molar-refractivity contribution is 7.89. The maximum absolute atomic E-state index is 13.7. The molecule has 28 heavy (non-hydrogen) atoms. The average molecular weight is 423 g/mol. The third-order valence-corrected chi connectivity index (χ3v) is 7.44. The lowest BCUT2D eigenvalue weighted by molar-refractivity contribution is 0.321. The van der Waals surface area contributed by atoms with Crippen LogP contribution in [0.5, 0.6) is 5.75 Å². The number of rotatable bonds is 6. The van der Waals surface area contributed by atoms with Crippen LogP contribution in [-0.2, 0) is 16.6 Å². The largest absolute Gasteiger partial charge is 0.495 e. The molecule has 0 spiro atoms. The maximum Gasteiger partial charge on any atom is 0.247 e. The predicted octanol–water partition coefficient (Wildman–Crippen LogP) is 2.40. The molecule has 1 aliphatic rings. The topological polar surface area (TPSA) is 90.2 Å². The first-order chi connectivity index (χ1) is 13.5. The molecule has 0 N–H and O–H groups in total. The van der Waals surface area contributed by atoms with Crippen molar-refractivity contribution in [2.45, 2.75) is 30.3 Å². The first-order valence-corrected chi connectivity index (χ1v) is 11.0. The summed E-state index contributed by atoms with van der Waals surface area (Å²) in [7, 11) is -2.57. The molecule has 3 aromatic rings. The summed E-state index contributed by atoms with van der Waals surface area (Å²) >= 11 is 1.51. The van der Waals surface area contributed by atoms with Crippen LogP contribution in [-0.4, -0.2) is 52.6 Å². The molecule has 1 fully saturated rings. The first-order valence-electron chi connectivity index (χ1n) is 8.66. The molecule has 0 aliphatic carbocycles. The highest BCUT2D eigenvalue weighted by atomic mass is 32.2. The Balaban J connectivity index is 1.59. The van der Waals surface area contributed by atoms with Crippen LogP contribution in [0.15, 0.2) is 40.6 Å².